The fraction of sp³-hybridized carbons (Fsp3) is 0.235. The van der Waals surface area contributed by atoms with Crippen molar-refractivity contribution in [3.63, 3.8) is 0 Å². The normalized spacial score (nSPS) is 13.0. The number of thiophene rings is 1. The molecule has 23 heavy (non-hydrogen) atoms. The van der Waals surface area contributed by atoms with Crippen LogP contribution in [0, 0.1) is 11.3 Å². The molecule has 1 aromatic carbocycles. The first-order valence-electron chi connectivity index (χ1n) is 7.36. The Bertz CT molecular complexity index is 816. The fourth-order valence-corrected chi connectivity index (χ4v) is 4.08. The zero-order valence-corrected chi connectivity index (χ0v) is 13.2. The van der Waals surface area contributed by atoms with Gasteiger partial charge >= 0.3 is 0 Å². The first-order valence-corrected chi connectivity index (χ1v) is 8.17. The van der Waals surface area contributed by atoms with E-state index in [1.54, 1.807) is 24.3 Å². The van der Waals surface area contributed by atoms with Gasteiger partial charge in [-0.2, -0.15) is 5.26 Å². The van der Waals surface area contributed by atoms with Gasteiger partial charge in [-0.05, 0) is 55.5 Å². The number of hydrogen-bond acceptors (Lipinski definition) is 4. The summed E-state index contributed by atoms with van der Waals surface area (Å²) in [5.74, 6) is -0.810. The molecule has 0 unspecified atom stereocenters. The molecule has 2 amide bonds. The number of benzene rings is 1. The molecule has 3 N–H and O–H groups in total. The third-order valence-electron chi connectivity index (χ3n) is 3.92. The van der Waals surface area contributed by atoms with Crippen molar-refractivity contribution in [3.8, 4) is 6.07 Å². The third-order valence-corrected chi connectivity index (χ3v) is 5.13. The molecule has 0 spiro atoms. The van der Waals surface area contributed by atoms with Crippen LogP contribution in [0.25, 0.3) is 0 Å². The highest BCUT2D eigenvalue weighted by Gasteiger charge is 2.25. The van der Waals surface area contributed by atoms with Gasteiger partial charge < -0.3 is 11.1 Å². The van der Waals surface area contributed by atoms with Crippen LogP contribution >= 0.6 is 11.3 Å². The van der Waals surface area contributed by atoms with E-state index < -0.39 is 5.91 Å². The van der Waals surface area contributed by atoms with Crippen LogP contribution in [0.4, 0.5) is 5.00 Å². The van der Waals surface area contributed by atoms with Crippen LogP contribution in [0.15, 0.2) is 24.3 Å². The smallest absolute Gasteiger partial charge is 0.256 e. The van der Waals surface area contributed by atoms with Crippen molar-refractivity contribution in [2.75, 3.05) is 5.32 Å². The van der Waals surface area contributed by atoms with Gasteiger partial charge in [0.05, 0.1) is 17.2 Å². The van der Waals surface area contributed by atoms with Gasteiger partial charge in [0.15, 0.2) is 0 Å². The summed E-state index contributed by atoms with van der Waals surface area (Å²) in [6.45, 7) is 0. The maximum atomic E-state index is 12.4. The van der Waals surface area contributed by atoms with Crippen LogP contribution < -0.4 is 11.1 Å². The Balaban J connectivity index is 1.90. The van der Waals surface area contributed by atoms with E-state index >= 15 is 0 Å². The van der Waals surface area contributed by atoms with Crippen LogP contribution in [-0.2, 0) is 12.8 Å². The topological polar surface area (TPSA) is 96.0 Å². The summed E-state index contributed by atoms with van der Waals surface area (Å²) in [5, 5.41) is 12.1. The molecular weight excluding hydrogens is 310 g/mol. The maximum absolute atomic E-state index is 12.4. The number of amides is 2. The quantitative estimate of drug-likeness (QED) is 0.908. The van der Waals surface area contributed by atoms with Crippen LogP contribution in [0.3, 0.4) is 0 Å². The Kier molecular flexibility index (Phi) is 4.13. The number of primary amides is 1. The molecule has 0 fully saturated rings. The summed E-state index contributed by atoms with van der Waals surface area (Å²) < 4.78 is 0. The lowest BCUT2D eigenvalue weighted by atomic mass is 9.95. The van der Waals surface area contributed by atoms with Crippen molar-refractivity contribution < 1.29 is 9.59 Å². The van der Waals surface area contributed by atoms with Gasteiger partial charge in [-0.15, -0.1) is 11.3 Å². The summed E-state index contributed by atoms with van der Waals surface area (Å²) in [6.07, 6.45) is 3.88. The number of nitrogens with one attached hydrogen (secondary N) is 1. The molecule has 2 aromatic rings. The first kappa shape index (κ1) is 15.3. The number of nitrogens with zero attached hydrogens (tertiary/aromatic N) is 1. The van der Waals surface area contributed by atoms with Gasteiger partial charge in [-0.3, -0.25) is 9.59 Å². The number of nitriles is 1. The second kappa shape index (κ2) is 6.23. The van der Waals surface area contributed by atoms with Gasteiger partial charge in [0.25, 0.3) is 11.8 Å². The van der Waals surface area contributed by atoms with E-state index in [9.17, 15) is 9.59 Å². The molecule has 0 saturated heterocycles. The minimum atomic E-state index is -0.500. The second-order valence-electron chi connectivity index (χ2n) is 5.42. The molecule has 6 heteroatoms. The van der Waals surface area contributed by atoms with Crippen LogP contribution in [-0.4, -0.2) is 11.8 Å². The number of anilines is 1. The Morgan fingerprint density at radius 3 is 2.52 bits per heavy atom. The van der Waals surface area contributed by atoms with Crippen molar-refractivity contribution >= 4 is 28.2 Å². The van der Waals surface area contributed by atoms with Crippen LogP contribution in [0.2, 0.25) is 0 Å². The first-order chi connectivity index (χ1) is 11.1. The molecule has 0 atom stereocenters. The molecule has 116 valence electrons. The monoisotopic (exact) mass is 325 g/mol. The zero-order valence-electron chi connectivity index (χ0n) is 12.4. The van der Waals surface area contributed by atoms with E-state index in [1.807, 2.05) is 6.07 Å². The van der Waals surface area contributed by atoms with E-state index in [0.29, 0.717) is 21.7 Å². The Morgan fingerprint density at radius 2 is 1.87 bits per heavy atom. The maximum Gasteiger partial charge on any atom is 0.256 e. The highest BCUT2D eigenvalue weighted by Crippen LogP contribution is 2.38. The van der Waals surface area contributed by atoms with Crippen molar-refractivity contribution in [1.82, 2.24) is 0 Å². The molecular formula is C17H15N3O2S. The molecule has 3 rings (SSSR count). The Morgan fingerprint density at radius 1 is 1.17 bits per heavy atom. The van der Waals surface area contributed by atoms with Gasteiger partial charge in [0.1, 0.15) is 5.00 Å². The number of fused-ring (bicyclic) bond motifs is 1. The molecule has 1 aliphatic rings. The molecule has 0 bridgehead atoms. The van der Waals surface area contributed by atoms with Gasteiger partial charge in [0, 0.05) is 10.4 Å². The lowest BCUT2D eigenvalue weighted by molar-refractivity contribution is 0.100. The average molecular weight is 325 g/mol. The third kappa shape index (κ3) is 2.96. The summed E-state index contributed by atoms with van der Waals surface area (Å²) in [6, 6.07) is 8.36. The number of rotatable bonds is 3. The SMILES string of the molecule is N#Cc1ccc(C(=O)Nc2sc3c(c2C(N)=O)CCCC3)cc1. The minimum Gasteiger partial charge on any atom is -0.365 e. The predicted molar refractivity (Wildman–Crippen MR) is 88.6 cm³/mol. The summed E-state index contributed by atoms with van der Waals surface area (Å²) in [4.78, 5) is 25.3. The van der Waals surface area contributed by atoms with E-state index in [0.717, 1.165) is 36.1 Å². The lowest BCUT2D eigenvalue weighted by Gasteiger charge is -2.11. The van der Waals surface area contributed by atoms with E-state index in [4.69, 9.17) is 11.0 Å². The fourth-order valence-electron chi connectivity index (χ4n) is 2.79. The van der Waals surface area contributed by atoms with Crippen molar-refractivity contribution in [2.24, 2.45) is 5.73 Å². The highest BCUT2D eigenvalue weighted by molar-refractivity contribution is 7.17. The molecule has 0 saturated carbocycles. The number of nitrogens with two attached hydrogens (primary N) is 1. The largest absolute Gasteiger partial charge is 0.365 e. The summed E-state index contributed by atoms with van der Waals surface area (Å²) in [7, 11) is 0. The standard InChI is InChI=1S/C17H15N3O2S/c18-9-10-5-7-11(8-6-10)16(22)20-17-14(15(19)21)12-3-1-2-4-13(12)23-17/h5-8H,1-4H2,(H2,19,21)(H,20,22). The molecule has 1 aliphatic carbocycles. The highest BCUT2D eigenvalue weighted by atomic mass is 32.1. The van der Waals surface area contributed by atoms with E-state index in [2.05, 4.69) is 5.32 Å². The van der Waals surface area contributed by atoms with Crippen molar-refractivity contribution in [3.05, 3.63) is 51.4 Å². The average Bonchev–Trinajstić information content (AvgIpc) is 2.92. The van der Waals surface area contributed by atoms with Crippen LogP contribution in [0.1, 0.15) is 49.6 Å². The van der Waals surface area contributed by atoms with Gasteiger partial charge in [0.2, 0.25) is 0 Å². The van der Waals surface area contributed by atoms with Crippen molar-refractivity contribution in [2.45, 2.75) is 25.7 Å². The Labute approximate surface area is 137 Å². The second-order valence-corrected chi connectivity index (χ2v) is 6.53. The molecule has 5 nitrogen and oxygen atoms in total. The summed E-state index contributed by atoms with van der Waals surface area (Å²) >= 11 is 1.44. The molecule has 0 radical (unpaired) electrons. The lowest BCUT2D eigenvalue weighted by Crippen LogP contribution is -2.18. The van der Waals surface area contributed by atoms with Crippen LogP contribution in [0.5, 0.6) is 0 Å². The van der Waals surface area contributed by atoms with Gasteiger partial charge in [-0.1, -0.05) is 0 Å². The van der Waals surface area contributed by atoms with E-state index in [1.165, 1.54) is 11.3 Å². The van der Waals surface area contributed by atoms with Gasteiger partial charge in [-0.25, -0.2) is 0 Å². The number of carbonyl (C=O) groups is 2. The minimum absolute atomic E-state index is 0.310. The summed E-state index contributed by atoms with van der Waals surface area (Å²) in [5.41, 5.74) is 7.88. The predicted octanol–water partition coefficient (Wildman–Crippen LogP) is 2.85. The number of carbonyl (C=O) groups excluding carboxylic acids is 2. The van der Waals surface area contributed by atoms with Crippen molar-refractivity contribution in [1.29, 1.82) is 5.26 Å². The number of aryl methyl sites for hydroxylation is 1. The number of hydrogen-bond donors (Lipinski definition) is 2. The zero-order chi connectivity index (χ0) is 16.4. The Hall–Kier alpha value is -2.65. The molecule has 0 aliphatic heterocycles. The molecule has 1 aromatic heterocycles. The molecule has 1 heterocycles. The van der Waals surface area contributed by atoms with E-state index in [-0.39, 0.29) is 5.91 Å².